The Bertz CT molecular complexity index is 168. The van der Waals surface area contributed by atoms with Crippen molar-refractivity contribution in [2.24, 2.45) is 17.6 Å². The second kappa shape index (κ2) is 2.86. The van der Waals surface area contributed by atoms with Crippen molar-refractivity contribution in [1.29, 1.82) is 0 Å². The van der Waals surface area contributed by atoms with Gasteiger partial charge in [-0.25, -0.2) is 0 Å². The van der Waals surface area contributed by atoms with Crippen LogP contribution >= 0.6 is 0 Å². The summed E-state index contributed by atoms with van der Waals surface area (Å²) in [6.07, 6.45) is 7.64. The van der Waals surface area contributed by atoms with E-state index in [1.807, 2.05) is 0 Å². The molecule has 0 radical (unpaired) electrons. The smallest absolute Gasteiger partial charge is 0.136 e. The lowest BCUT2D eigenvalue weighted by molar-refractivity contribution is 0.137. The third-order valence-corrected chi connectivity index (χ3v) is 2.82. The van der Waals surface area contributed by atoms with Crippen molar-refractivity contribution >= 4 is 0 Å². The molecule has 2 heteroatoms. The van der Waals surface area contributed by atoms with Crippen molar-refractivity contribution in [3.05, 3.63) is 11.8 Å². The van der Waals surface area contributed by atoms with Gasteiger partial charge in [-0.3, -0.25) is 5.73 Å². The zero-order chi connectivity index (χ0) is 7.68. The normalized spacial score (nSPS) is 35.2. The van der Waals surface area contributed by atoms with Gasteiger partial charge < -0.3 is 4.74 Å². The standard InChI is InChI=1S/C9H15NO/c10-6-11-9-5-7-1-3-8(9)4-2-7/h5,7-8H,1-4,6,10H2. The molecule has 0 aliphatic heterocycles. The summed E-state index contributed by atoms with van der Waals surface area (Å²) in [6, 6.07) is 0. The SMILES string of the molecule is NCOC1=CC2CCC1CC2. The molecule has 2 N–H and O–H groups in total. The first-order chi connectivity index (χ1) is 5.40. The molecule has 3 rings (SSSR count). The molecular weight excluding hydrogens is 138 g/mol. The Morgan fingerprint density at radius 1 is 1.36 bits per heavy atom. The van der Waals surface area contributed by atoms with Crippen LogP contribution in [0.15, 0.2) is 11.8 Å². The van der Waals surface area contributed by atoms with Crippen molar-refractivity contribution in [1.82, 2.24) is 0 Å². The minimum Gasteiger partial charge on any atom is -0.483 e. The number of allylic oxidation sites excluding steroid dienone is 2. The highest BCUT2D eigenvalue weighted by Gasteiger charge is 2.29. The molecule has 11 heavy (non-hydrogen) atoms. The highest BCUT2D eigenvalue weighted by molar-refractivity contribution is 5.10. The molecule has 3 aliphatic carbocycles. The van der Waals surface area contributed by atoms with E-state index in [1.54, 1.807) is 0 Å². The zero-order valence-corrected chi connectivity index (χ0v) is 6.75. The van der Waals surface area contributed by atoms with Gasteiger partial charge in [-0.1, -0.05) is 0 Å². The largest absolute Gasteiger partial charge is 0.483 e. The molecule has 0 aromatic heterocycles. The van der Waals surface area contributed by atoms with Crippen LogP contribution in [0.2, 0.25) is 0 Å². The lowest BCUT2D eigenvalue weighted by Gasteiger charge is -2.34. The van der Waals surface area contributed by atoms with E-state index >= 15 is 0 Å². The highest BCUT2D eigenvalue weighted by Crippen LogP contribution is 2.40. The minimum atomic E-state index is 0.342. The number of rotatable bonds is 2. The van der Waals surface area contributed by atoms with Gasteiger partial charge in [0.15, 0.2) is 0 Å². The molecule has 2 bridgehead atoms. The van der Waals surface area contributed by atoms with Crippen molar-refractivity contribution in [2.45, 2.75) is 25.7 Å². The molecule has 0 atom stereocenters. The van der Waals surface area contributed by atoms with Gasteiger partial charge in [0.25, 0.3) is 0 Å². The van der Waals surface area contributed by atoms with Gasteiger partial charge in [0, 0.05) is 5.92 Å². The van der Waals surface area contributed by atoms with Crippen molar-refractivity contribution in [3.8, 4) is 0 Å². The quantitative estimate of drug-likeness (QED) is 0.612. The molecule has 0 spiro atoms. The topological polar surface area (TPSA) is 35.2 Å². The van der Waals surface area contributed by atoms with Gasteiger partial charge in [-0.15, -0.1) is 0 Å². The molecule has 1 fully saturated rings. The molecule has 2 nitrogen and oxygen atoms in total. The summed E-state index contributed by atoms with van der Waals surface area (Å²) in [5.41, 5.74) is 5.33. The van der Waals surface area contributed by atoms with Crippen LogP contribution in [0.4, 0.5) is 0 Å². The van der Waals surface area contributed by atoms with E-state index in [0.29, 0.717) is 12.6 Å². The Morgan fingerprint density at radius 3 is 2.55 bits per heavy atom. The first-order valence-electron chi connectivity index (χ1n) is 4.44. The molecule has 0 unspecified atom stereocenters. The summed E-state index contributed by atoms with van der Waals surface area (Å²) in [5, 5.41) is 0. The molecule has 1 saturated carbocycles. The number of nitrogens with two attached hydrogens (primary N) is 1. The fraction of sp³-hybridized carbons (Fsp3) is 0.778. The lowest BCUT2D eigenvalue weighted by Crippen LogP contribution is -2.24. The molecule has 0 aromatic carbocycles. The molecule has 0 aromatic rings. The van der Waals surface area contributed by atoms with Gasteiger partial charge in [0.2, 0.25) is 0 Å². The predicted octanol–water partition coefficient (Wildman–Crippen LogP) is 1.62. The van der Waals surface area contributed by atoms with Gasteiger partial charge in [-0.2, -0.15) is 0 Å². The number of ether oxygens (including phenoxy) is 1. The fourth-order valence-electron chi connectivity index (χ4n) is 2.20. The van der Waals surface area contributed by atoms with Crippen LogP contribution in [0.1, 0.15) is 25.7 Å². The maximum absolute atomic E-state index is 5.36. The average molecular weight is 153 g/mol. The van der Waals surface area contributed by atoms with Crippen LogP contribution in [0.3, 0.4) is 0 Å². The Hall–Kier alpha value is -0.500. The summed E-state index contributed by atoms with van der Waals surface area (Å²) in [4.78, 5) is 0. The fourth-order valence-corrected chi connectivity index (χ4v) is 2.20. The first-order valence-corrected chi connectivity index (χ1v) is 4.44. The number of hydrogen-bond donors (Lipinski definition) is 1. The van der Waals surface area contributed by atoms with Crippen LogP contribution < -0.4 is 5.73 Å². The van der Waals surface area contributed by atoms with Crippen LogP contribution in [0.25, 0.3) is 0 Å². The van der Waals surface area contributed by atoms with Gasteiger partial charge in [0.1, 0.15) is 6.73 Å². The van der Waals surface area contributed by atoms with E-state index in [0.717, 1.165) is 5.92 Å². The Balaban J connectivity index is 2.08. The average Bonchev–Trinajstić information content (AvgIpc) is 2.07. The Labute approximate surface area is 67.4 Å². The van der Waals surface area contributed by atoms with E-state index in [-0.39, 0.29) is 0 Å². The molecular formula is C9H15NO. The monoisotopic (exact) mass is 153 g/mol. The predicted molar refractivity (Wildman–Crippen MR) is 43.7 cm³/mol. The van der Waals surface area contributed by atoms with Crippen LogP contribution in [-0.2, 0) is 4.74 Å². The van der Waals surface area contributed by atoms with Crippen LogP contribution in [-0.4, -0.2) is 6.73 Å². The maximum Gasteiger partial charge on any atom is 0.136 e. The third kappa shape index (κ3) is 1.27. The summed E-state index contributed by atoms with van der Waals surface area (Å²) in [6.45, 7) is 0.342. The van der Waals surface area contributed by atoms with E-state index < -0.39 is 0 Å². The molecule has 0 heterocycles. The molecule has 62 valence electrons. The second-order valence-corrected chi connectivity index (χ2v) is 3.49. The highest BCUT2D eigenvalue weighted by atomic mass is 16.5. The third-order valence-electron chi connectivity index (χ3n) is 2.82. The number of fused-ring (bicyclic) bond motifs is 2. The zero-order valence-electron chi connectivity index (χ0n) is 6.75. The van der Waals surface area contributed by atoms with Gasteiger partial charge in [0.05, 0.1) is 5.76 Å². The number of hydrogen-bond acceptors (Lipinski definition) is 2. The van der Waals surface area contributed by atoms with Gasteiger partial charge >= 0.3 is 0 Å². The Morgan fingerprint density at radius 2 is 2.09 bits per heavy atom. The van der Waals surface area contributed by atoms with Crippen molar-refractivity contribution < 1.29 is 4.74 Å². The van der Waals surface area contributed by atoms with Crippen LogP contribution in [0, 0.1) is 11.8 Å². The summed E-state index contributed by atoms with van der Waals surface area (Å²) in [7, 11) is 0. The summed E-state index contributed by atoms with van der Waals surface area (Å²) < 4.78 is 5.36. The van der Waals surface area contributed by atoms with Gasteiger partial charge in [-0.05, 0) is 37.7 Å². The van der Waals surface area contributed by atoms with E-state index in [4.69, 9.17) is 10.5 Å². The summed E-state index contributed by atoms with van der Waals surface area (Å²) >= 11 is 0. The van der Waals surface area contributed by atoms with E-state index in [1.165, 1.54) is 31.4 Å². The maximum atomic E-state index is 5.36. The molecule has 0 amide bonds. The minimum absolute atomic E-state index is 0.342. The van der Waals surface area contributed by atoms with E-state index in [2.05, 4.69) is 6.08 Å². The van der Waals surface area contributed by atoms with Crippen LogP contribution in [0.5, 0.6) is 0 Å². The van der Waals surface area contributed by atoms with Crippen molar-refractivity contribution in [3.63, 3.8) is 0 Å². The molecule has 0 saturated heterocycles. The summed E-state index contributed by atoms with van der Waals surface area (Å²) in [5.74, 6) is 2.67. The molecule has 3 aliphatic rings. The first kappa shape index (κ1) is 7.17. The lowest BCUT2D eigenvalue weighted by atomic mass is 9.75. The second-order valence-electron chi connectivity index (χ2n) is 3.49. The Kier molecular flexibility index (Phi) is 1.86. The van der Waals surface area contributed by atoms with E-state index in [9.17, 15) is 0 Å². The van der Waals surface area contributed by atoms with Crippen molar-refractivity contribution in [2.75, 3.05) is 6.73 Å².